The molecule has 1 aliphatic heterocycles. The van der Waals surface area contributed by atoms with E-state index in [2.05, 4.69) is 49.9 Å². The van der Waals surface area contributed by atoms with E-state index in [9.17, 15) is 9.59 Å². The van der Waals surface area contributed by atoms with Crippen molar-refractivity contribution in [2.75, 3.05) is 64.1 Å². The third-order valence-corrected chi connectivity index (χ3v) is 7.44. The number of benzene rings is 1. The van der Waals surface area contributed by atoms with Crippen molar-refractivity contribution in [3.63, 3.8) is 0 Å². The van der Waals surface area contributed by atoms with Gasteiger partial charge in [0.15, 0.2) is 5.82 Å². The Kier molecular flexibility index (Phi) is 11.4. The Morgan fingerprint density at radius 2 is 1.83 bits per heavy atom. The quantitative estimate of drug-likeness (QED) is 0.215. The van der Waals surface area contributed by atoms with E-state index < -0.39 is 5.97 Å². The fourth-order valence-corrected chi connectivity index (χ4v) is 5.16. The highest BCUT2D eigenvalue weighted by Crippen LogP contribution is 2.27. The number of nitrogens with two attached hydrogens (primary N) is 1. The first-order valence-corrected chi connectivity index (χ1v) is 14.7. The molecule has 12 nitrogen and oxygen atoms in total. The predicted molar refractivity (Wildman–Crippen MR) is 162 cm³/mol. The van der Waals surface area contributed by atoms with Crippen molar-refractivity contribution in [3.05, 3.63) is 41.6 Å². The first-order valence-electron chi connectivity index (χ1n) is 14.7. The van der Waals surface area contributed by atoms with Crippen LogP contribution in [0.3, 0.4) is 0 Å². The maximum absolute atomic E-state index is 12.5. The van der Waals surface area contributed by atoms with Crippen LogP contribution in [0.4, 0.5) is 11.8 Å². The number of anilines is 2. The van der Waals surface area contributed by atoms with Crippen LogP contribution in [0.2, 0.25) is 0 Å². The van der Waals surface area contributed by atoms with E-state index in [1.54, 1.807) is 7.11 Å². The van der Waals surface area contributed by atoms with Crippen LogP contribution in [0, 0.1) is 0 Å². The van der Waals surface area contributed by atoms with Crippen molar-refractivity contribution in [2.45, 2.75) is 52.1 Å². The summed E-state index contributed by atoms with van der Waals surface area (Å²) < 4.78 is 13.2. The SMILES string of the molecule is CCCCCNc1nc(N)nc2ccn(Cc3ccc(CN4CCN(C(=O)CCOCCC(=O)O)CC4)cc3OC)c12. The summed E-state index contributed by atoms with van der Waals surface area (Å²) in [5, 5.41) is 12.1. The molecule has 0 radical (unpaired) electrons. The van der Waals surface area contributed by atoms with E-state index in [-0.39, 0.29) is 37.9 Å². The number of nitrogen functional groups attached to an aromatic ring is 1. The standard InChI is InChI=1S/C30H43N7O5/c1-3-4-5-11-32-29-28-24(33-30(31)34-29)8-12-37(28)21-23-7-6-22(19-25(23)41-2)20-35-13-15-36(16-14-35)26(38)9-17-42-18-10-27(39)40/h6-8,12,19H,3-5,9-11,13-18,20-21H2,1-2H3,(H,39,40)(H3,31,32,33,34). The maximum atomic E-state index is 12.5. The summed E-state index contributed by atoms with van der Waals surface area (Å²) in [5.41, 5.74) is 9.90. The number of nitrogens with one attached hydrogen (secondary N) is 1. The number of methoxy groups -OCH3 is 1. The molecule has 1 saturated heterocycles. The largest absolute Gasteiger partial charge is 0.496 e. The average molecular weight is 582 g/mol. The molecule has 1 aliphatic rings. The number of rotatable bonds is 16. The lowest BCUT2D eigenvalue weighted by atomic mass is 10.1. The van der Waals surface area contributed by atoms with Gasteiger partial charge in [0, 0.05) is 51.0 Å². The summed E-state index contributed by atoms with van der Waals surface area (Å²) in [4.78, 5) is 36.1. The van der Waals surface area contributed by atoms with Gasteiger partial charge in [-0.1, -0.05) is 31.9 Å². The van der Waals surface area contributed by atoms with Crippen molar-refractivity contribution in [1.82, 2.24) is 24.3 Å². The number of hydrogen-bond donors (Lipinski definition) is 3. The predicted octanol–water partition coefficient (Wildman–Crippen LogP) is 3.20. The molecular weight excluding hydrogens is 538 g/mol. The summed E-state index contributed by atoms with van der Waals surface area (Å²) in [6.45, 7) is 7.63. The molecule has 3 heterocycles. The fourth-order valence-electron chi connectivity index (χ4n) is 5.16. The highest BCUT2D eigenvalue weighted by molar-refractivity contribution is 5.87. The van der Waals surface area contributed by atoms with E-state index in [0.29, 0.717) is 19.6 Å². The highest BCUT2D eigenvalue weighted by Gasteiger charge is 2.21. The van der Waals surface area contributed by atoms with Crippen LogP contribution in [-0.4, -0.2) is 94.4 Å². The summed E-state index contributed by atoms with van der Waals surface area (Å²) >= 11 is 0. The third kappa shape index (κ3) is 8.56. The number of piperazine rings is 1. The minimum atomic E-state index is -0.903. The minimum absolute atomic E-state index is 0.0425. The molecule has 1 amide bonds. The van der Waals surface area contributed by atoms with Gasteiger partial charge in [0.2, 0.25) is 11.9 Å². The molecule has 0 atom stereocenters. The van der Waals surface area contributed by atoms with Crippen LogP contribution in [0.15, 0.2) is 30.5 Å². The molecule has 4 rings (SSSR count). The van der Waals surface area contributed by atoms with Gasteiger partial charge in [-0.2, -0.15) is 4.98 Å². The fraction of sp³-hybridized carbons (Fsp3) is 0.533. The third-order valence-electron chi connectivity index (χ3n) is 7.44. The van der Waals surface area contributed by atoms with Gasteiger partial charge >= 0.3 is 5.97 Å². The smallest absolute Gasteiger partial charge is 0.305 e. The Morgan fingerprint density at radius 1 is 1.05 bits per heavy atom. The number of aliphatic carboxylic acids is 1. The van der Waals surface area contributed by atoms with Gasteiger partial charge in [-0.3, -0.25) is 14.5 Å². The summed E-state index contributed by atoms with van der Waals surface area (Å²) in [6.07, 6.45) is 5.59. The number of ether oxygens (including phenoxy) is 2. The van der Waals surface area contributed by atoms with Gasteiger partial charge < -0.3 is 35.1 Å². The Balaban J connectivity index is 1.33. The number of carbonyl (C=O) groups excluding carboxylic acids is 1. The number of fused-ring (bicyclic) bond motifs is 1. The Morgan fingerprint density at radius 3 is 2.57 bits per heavy atom. The van der Waals surface area contributed by atoms with Crippen LogP contribution < -0.4 is 15.8 Å². The second kappa shape index (κ2) is 15.4. The molecule has 0 spiro atoms. The summed E-state index contributed by atoms with van der Waals surface area (Å²) in [5.74, 6) is 0.964. The first-order chi connectivity index (χ1) is 20.4. The molecule has 1 fully saturated rings. The van der Waals surface area contributed by atoms with E-state index in [1.807, 2.05) is 17.2 Å². The van der Waals surface area contributed by atoms with Gasteiger partial charge in [0.1, 0.15) is 11.3 Å². The number of nitrogens with zero attached hydrogens (tertiary/aromatic N) is 5. The molecule has 228 valence electrons. The van der Waals surface area contributed by atoms with E-state index in [0.717, 1.165) is 79.2 Å². The first kappa shape index (κ1) is 31.0. The van der Waals surface area contributed by atoms with E-state index in [1.165, 1.54) is 0 Å². The molecule has 0 saturated carbocycles. The number of carboxylic acids is 1. The van der Waals surface area contributed by atoms with Gasteiger partial charge in [-0.05, 0) is 24.1 Å². The van der Waals surface area contributed by atoms with Crippen LogP contribution in [0.5, 0.6) is 5.75 Å². The summed E-state index contributed by atoms with van der Waals surface area (Å²) in [7, 11) is 1.69. The van der Waals surface area contributed by atoms with Crippen molar-refractivity contribution < 1.29 is 24.2 Å². The monoisotopic (exact) mass is 581 g/mol. The van der Waals surface area contributed by atoms with E-state index >= 15 is 0 Å². The molecule has 42 heavy (non-hydrogen) atoms. The Labute approximate surface area is 246 Å². The second-order valence-electron chi connectivity index (χ2n) is 10.6. The zero-order chi connectivity index (χ0) is 29.9. The van der Waals surface area contributed by atoms with Crippen molar-refractivity contribution >= 4 is 34.7 Å². The topological polar surface area (TPSA) is 148 Å². The molecule has 4 N–H and O–H groups in total. The zero-order valence-corrected chi connectivity index (χ0v) is 24.7. The molecular formula is C30H43N7O5. The molecule has 1 aromatic carbocycles. The molecule has 3 aromatic rings. The van der Waals surface area contributed by atoms with Crippen LogP contribution in [-0.2, 0) is 27.4 Å². The number of hydrogen-bond acceptors (Lipinski definition) is 9. The lowest BCUT2D eigenvalue weighted by Crippen LogP contribution is -2.48. The van der Waals surface area contributed by atoms with Gasteiger partial charge in [0.25, 0.3) is 0 Å². The molecule has 0 unspecified atom stereocenters. The van der Waals surface area contributed by atoms with Crippen LogP contribution in [0.25, 0.3) is 11.0 Å². The summed E-state index contributed by atoms with van der Waals surface area (Å²) in [6, 6.07) is 8.29. The number of unbranched alkanes of at least 4 members (excludes halogenated alkanes) is 2. The lowest BCUT2D eigenvalue weighted by molar-refractivity contribution is -0.138. The van der Waals surface area contributed by atoms with Gasteiger partial charge in [-0.15, -0.1) is 0 Å². The Hall–Kier alpha value is -3.90. The normalized spacial score (nSPS) is 13.9. The number of amides is 1. The maximum Gasteiger partial charge on any atom is 0.305 e. The van der Waals surface area contributed by atoms with Crippen LogP contribution >= 0.6 is 0 Å². The van der Waals surface area contributed by atoms with Gasteiger partial charge in [-0.25, -0.2) is 4.98 Å². The number of aromatic nitrogens is 3. The minimum Gasteiger partial charge on any atom is -0.496 e. The van der Waals surface area contributed by atoms with Crippen molar-refractivity contribution in [2.24, 2.45) is 0 Å². The molecule has 12 heteroatoms. The molecule has 0 aliphatic carbocycles. The molecule has 2 aromatic heterocycles. The number of carboxylic acid groups (broad SMARTS) is 1. The second-order valence-corrected chi connectivity index (χ2v) is 10.6. The zero-order valence-electron chi connectivity index (χ0n) is 24.7. The van der Waals surface area contributed by atoms with Crippen molar-refractivity contribution in [3.8, 4) is 5.75 Å². The average Bonchev–Trinajstić information content (AvgIpc) is 3.38. The number of carbonyl (C=O) groups is 2. The highest BCUT2D eigenvalue weighted by atomic mass is 16.5. The van der Waals surface area contributed by atoms with Crippen molar-refractivity contribution in [1.29, 1.82) is 0 Å². The lowest BCUT2D eigenvalue weighted by Gasteiger charge is -2.35. The molecule has 0 bridgehead atoms. The Bertz CT molecular complexity index is 1340. The van der Waals surface area contributed by atoms with E-state index in [4.69, 9.17) is 20.3 Å². The van der Waals surface area contributed by atoms with Gasteiger partial charge in [0.05, 0.1) is 45.2 Å². The van der Waals surface area contributed by atoms with Crippen LogP contribution in [0.1, 0.15) is 50.2 Å².